The van der Waals surface area contributed by atoms with E-state index in [-0.39, 0.29) is 26.8 Å². The Kier molecular flexibility index (Phi) is 6.56. The highest BCUT2D eigenvalue weighted by Gasteiger charge is 2.29. The van der Waals surface area contributed by atoms with Gasteiger partial charge >= 0.3 is 5.69 Å². The van der Waals surface area contributed by atoms with Gasteiger partial charge in [0.05, 0.1) is 9.92 Å². The standard InChI is InChI=1S/C24H25ClN6O5S/c1-2-9-31-23(33)20-22(28-24(31)34)27-21(26-20)15-3-6-17(7-4-15)37(35,36)30-12-10-29(11-13-30)16-5-8-19(32)18(25)14-16/h3-8,14,32H,2,9-13H2,1H3,(H,26,27)(H,28,34). The van der Waals surface area contributed by atoms with Gasteiger partial charge in [-0.1, -0.05) is 18.5 Å². The molecular weight excluding hydrogens is 520 g/mol. The molecule has 1 aliphatic rings. The number of piperazine rings is 1. The van der Waals surface area contributed by atoms with Crippen molar-refractivity contribution in [3.63, 3.8) is 0 Å². The van der Waals surface area contributed by atoms with Crippen molar-refractivity contribution in [2.45, 2.75) is 24.8 Å². The lowest BCUT2D eigenvalue weighted by Crippen LogP contribution is -2.48. The van der Waals surface area contributed by atoms with Crippen LogP contribution in [0, 0.1) is 0 Å². The van der Waals surface area contributed by atoms with E-state index in [0.29, 0.717) is 50.5 Å². The summed E-state index contributed by atoms with van der Waals surface area (Å²) in [6.45, 7) is 3.71. The van der Waals surface area contributed by atoms with Crippen LogP contribution in [0.15, 0.2) is 56.9 Å². The average Bonchev–Trinajstić information content (AvgIpc) is 3.32. The number of anilines is 1. The van der Waals surface area contributed by atoms with Gasteiger partial charge in [-0.3, -0.25) is 14.3 Å². The zero-order valence-corrected chi connectivity index (χ0v) is 21.5. The van der Waals surface area contributed by atoms with Gasteiger partial charge in [0.25, 0.3) is 5.56 Å². The van der Waals surface area contributed by atoms with E-state index in [2.05, 4.69) is 15.0 Å². The summed E-state index contributed by atoms with van der Waals surface area (Å²) in [5.41, 5.74) is 0.762. The number of halogens is 1. The predicted octanol–water partition coefficient (Wildman–Crippen LogP) is 2.36. The van der Waals surface area contributed by atoms with Crippen LogP contribution >= 0.6 is 11.6 Å². The fourth-order valence-corrected chi connectivity index (χ4v) is 5.99. The molecule has 4 aromatic rings. The predicted molar refractivity (Wildman–Crippen MR) is 141 cm³/mol. The number of rotatable bonds is 6. The summed E-state index contributed by atoms with van der Waals surface area (Å²) in [4.78, 5) is 36.9. The number of H-pyrrole nitrogens is 2. The minimum Gasteiger partial charge on any atom is -0.506 e. The molecule has 11 nitrogen and oxygen atoms in total. The van der Waals surface area contributed by atoms with Crippen LogP contribution < -0.4 is 16.1 Å². The number of hydrogen-bond acceptors (Lipinski definition) is 7. The first-order valence-electron chi connectivity index (χ1n) is 11.8. The number of aromatic amines is 2. The van der Waals surface area contributed by atoms with Crippen LogP contribution in [0.4, 0.5) is 5.69 Å². The third-order valence-electron chi connectivity index (χ3n) is 6.38. The third kappa shape index (κ3) is 4.63. The van der Waals surface area contributed by atoms with E-state index in [4.69, 9.17) is 11.6 Å². The molecule has 0 atom stereocenters. The van der Waals surface area contributed by atoms with Crippen molar-refractivity contribution >= 4 is 38.5 Å². The highest BCUT2D eigenvalue weighted by Crippen LogP contribution is 2.29. The number of phenols is 1. The molecule has 37 heavy (non-hydrogen) atoms. The molecule has 1 aliphatic heterocycles. The Bertz CT molecular complexity index is 1690. The molecule has 2 aromatic carbocycles. The van der Waals surface area contributed by atoms with Crippen LogP contribution in [0.5, 0.6) is 5.75 Å². The number of sulfonamides is 1. The molecule has 3 N–H and O–H groups in total. The van der Waals surface area contributed by atoms with Crippen molar-refractivity contribution in [3.05, 3.63) is 68.3 Å². The first-order chi connectivity index (χ1) is 17.7. The number of aromatic hydroxyl groups is 1. The number of aromatic nitrogens is 4. The van der Waals surface area contributed by atoms with Crippen LogP contribution in [0.3, 0.4) is 0 Å². The Morgan fingerprint density at radius 3 is 2.38 bits per heavy atom. The summed E-state index contributed by atoms with van der Waals surface area (Å²) in [6, 6.07) is 11.2. The highest BCUT2D eigenvalue weighted by atomic mass is 35.5. The van der Waals surface area contributed by atoms with E-state index >= 15 is 0 Å². The van der Waals surface area contributed by atoms with Crippen LogP contribution in [0.1, 0.15) is 13.3 Å². The van der Waals surface area contributed by atoms with E-state index in [1.54, 1.807) is 24.3 Å². The zero-order chi connectivity index (χ0) is 26.3. The summed E-state index contributed by atoms with van der Waals surface area (Å²) in [6.07, 6.45) is 0.631. The molecule has 5 rings (SSSR count). The quantitative estimate of drug-likeness (QED) is 0.338. The number of imidazole rings is 1. The molecule has 1 fully saturated rings. The minimum atomic E-state index is -3.72. The Balaban J connectivity index is 1.34. The van der Waals surface area contributed by atoms with Gasteiger partial charge < -0.3 is 15.0 Å². The summed E-state index contributed by atoms with van der Waals surface area (Å²) in [5, 5.41) is 9.87. The van der Waals surface area contributed by atoms with E-state index < -0.39 is 21.3 Å². The van der Waals surface area contributed by atoms with Crippen LogP contribution in [0.2, 0.25) is 5.02 Å². The SMILES string of the molecule is CCCn1c(=O)[nH]c2nc(-c3ccc(S(=O)(=O)N4CCN(c5ccc(O)c(Cl)c5)CC4)cc3)[nH]c2c1=O. The van der Waals surface area contributed by atoms with Gasteiger partial charge in [-0.2, -0.15) is 4.31 Å². The molecule has 0 amide bonds. The maximum absolute atomic E-state index is 13.2. The molecular formula is C24H25ClN6O5S. The number of hydrogen-bond donors (Lipinski definition) is 3. The Morgan fingerprint density at radius 1 is 1.03 bits per heavy atom. The molecule has 0 unspecified atom stereocenters. The molecule has 0 bridgehead atoms. The van der Waals surface area contributed by atoms with Gasteiger partial charge in [0.2, 0.25) is 10.0 Å². The highest BCUT2D eigenvalue weighted by molar-refractivity contribution is 7.89. The lowest BCUT2D eigenvalue weighted by Gasteiger charge is -2.35. The Morgan fingerprint density at radius 2 is 1.73 bits per heavy atom. The van der Waals surface area contributed by atoms with Crippen molar-refractivity contribution in [1.82, 2.24) is 23.8 Å². The third-order valence-corrected chi connectivity index (χ3v) is 8.60. The molecule has 2 aromatic heterocycles. The van der Waals surface area contributed by atoms with Crippen molar-refractivity contribution in [2.75, 3.05) is 31.1 Å². The minimum absolute atomic E-state index is 0.000360. The van der Waals surface area contributed by atoms with E-state index in [9.17, 15) is 23.1 Å². The summed E-state index contributed by atoms with van der Waals surface area (Å²) in [7, 11) is -3.72. The second-order valence-corrected chi connectivity index (χ2v) is 11.1. The Hall–Kier alpha value is -3.61. The van der Waals surface area contributed by atoms with Gasteiger partial charge in [0.15, 0.2) is 5.65 Å². The summed E-state index contributed by atoms with van der Waals surface area (Å²) >= 11 is 6.01. The second-order valence-electron chi connectivity index (χ2n) is 8.75. The molecule has 0 radical (unpaired) electrons. The van der Waals surface area contributed by atoms with E-state index in [0.717, 1.165) is 10.3 Å². The lowest BCUT2D eigenvalue weighted by molar-refractivity contribution is 0.385. The number of nitrogens with zero attached hydrogens (tertiary/aromatic N) is 4. The van der Waals surface area contributed by atoms with Crippen molar-refractivity contribution in [1.29, 1.82) is 0 Å². The normalized spacial score (nSPS) is 14.9. The Labute approximate surface area is 217 Å². The van der Waals surface area contributed by atoms with Crippen molar-refractivity contribution < 1.29 is 13.5 Å². The molecule has 194 valence electrons. The molecule has 0 spiro atoms. The van der Waals surface area contributed by atoms with Crippen LogP contribution in [-0.2, 0) is 16.6 Å². The first kappa shape index (κ1) is 25.1. The van der Waals surface area contributed by atoms with Crippen molar-refractivity contribution in [3.8, 4) is 17.1 Å². The van der Waals surface area contributed by atoms with Gasteiger partial charge in [-0.05, 0) is 48.9 Å². The van der Waals surface area contributed by atoms with Gasteiger partial charge in [-0.15, -0.1) is 0 Å². The smallest absolute Gasteiger partial charge is 0.330 e. The van der Waals surface area contributed by atoms with Gasteiger partial charge in [0, 0.05) is 44.0 Å². The molecule has 0 saturated carbocycles. The molecule has 1 saturated heterocycles. The van der Waals surface area contributed by atoms with Crippen LogP contribution in [0.25, 0.3) is 22.6 Å². The molecule has 13 heteroatoms. The van der Waals surface area contributed by atoms with E-state index in [1.165, 1.54) is 22.5 Å². The van der Waals surface area contributed by atoms with E-state index in [1.807, 2.05) is 11.8 Å². The lowest BCUT2D eigenvalue weighted by atomic mass is 10.2. The molecule has 0 aliphatic carbocycles. The topological polar surface area (TPSA) is 144 Å². The molecule has 3 heterocycles. The number of phenolic OH excluding ortho intramolecular Hbond substituents is 1. The van der Waals surface area contributed by atoms with Crippen molar-refractivity contribution in [2.24, 2.45) is 0 Å². The summed E-state index contributed by atoms with van der Waals surface area (Å²) in [5.74, 6) is 0.349. The maximum Gasteiger partial charge on any atom is 0.330 e. The summed E-state index contributed by atoms with van der Waals surface area (Å²) < 4.78 is 29.0. The average molecular weight is 545 g/mol. The number of benzene rings is 2. The largest absolute Gasteiger partial charge is 0.506 e. The number of nitrogens with one attached hydrogen (secondary N) is 2. The van der Waals surface area contributed by atoms with Crippen LogP contribution in [-0.4, -0.2) is 63.5 Å². The van der Waals surface area contributed by atoms with Gasteiger partial charge in [-0.25, -0.2) is 18.2 Å². The first-order valence-corrected chi connectivity index (χ1v) is 13.6. The fourth-order valence-electron chi connectivity index (χ4n) is 4.39. The second kappa shape index (κ2) is 9.69. The maximum atomic E-state index is 13.2. The number of fused-ring (bicyclic) bond motifs is 1. The fraction of sp³-hybridized carbons (Fsp3) is 0.292. The monoisotopic (exact) mass is 544 g/mol. The zero-order valence-electron chi connectivity index (χ0n) is 19.9. The van der Waals surface area contributed by atoms with Gasteiger partial charge in [0.1, 0.15) is 17.1 Å².